The van der Waals surface area contributed by atoms with Gasteiger partial charge in [0, 0.05) is 30.5 Å². The minimum Gasteiger partial charge on any atom is -0.327 e. The fourth-order valence-corrected chi connectivity index (χ4v) is 4.62. The third-order valence-electron chi connectivity index (χ3n) is 5.39. The van der Waals surface area contributed by atoms with Crippen molar-refractivity contribution in [3.05, 3.63) is 0 Å². The third-order valence-corrected chi connectivity index (χ3v) is 5.39. The Hall–Kier alpha value is -0.410. The number of piperidine rings is 1. The summed E-state index contributed by atoms with van der Waals surface area (Å²) in [5.74, 6) is 1.02. The van der Waals surface area contributed by atoms with Gasteiger partial charge < -0.3 is 11.1 Å². The van der Waals surface area contributed by atoms with Gasteiger partial charge in [-0.1, -0.05) is 26.7 Å². The van der Waals surface area contributed by atoms with Gasteiger partial charge in [0.2, 0.25) is 0 Å². The maximum absolute atomic E-state index is 12.4. The molecule has 3 N–H and O–H groups in total. The maximum Gasteiger partial charge on any atom is 0.139 e. The third kappa shape index (κ3) is 2.01. The number of carbonyl (C=O) groups is 1. The number of Topliss-reactive ketones (excluding diaryl/α,β-unsaturated/α-hetero) is 1. The van der Waals surface area contributed by atoms with Crippen LogP contribution in [0.3, 0.4) is 0 Å². The van der Waals surface area contributed by atoms with Crippen LogP contribution < -0.4 is 11.1 Å². The summed E-state index contributed by atoms with van der Waals surface area (Å²) >= 11 is 0. The molecule has 3 aliphatic rings. The summed E-state index contributed by atoms with van der Waals surface area (Å²) in [5, 5.41) is 3.77. The van der Waals surface area contributed by atoms with Crippen LogP contribution in [0.4, 0.5) is 0 Å². The van der Waals surface area contributed by atoms with Gasteiger partial charge in [0.25, 0.3) is 0 Å². The van der Waals surface area contributed by atoms with Gasteiger partial charge in [0.05, 0.1) is 0 Å². The Morgan fingerprint density at radius 1 is 1.22 bits per heavy atom. The summed E-state index contributed by atoms with van der Waals surface area (Å²) in [6, 6.07) is 0.998. The summed E-state index contributed by atoms with van der Waals surface area (Å²) in [6.45, 7) is 4.42. The van der Waals surface area contributed by atoms with E-state index in [-0.39, 0.29) is 17.4 Å². The summed E-state index contributed by atoms with van der Waals surface area (Å²) in [4.78, 5) is 12.4. The first-order valence-corrected chi connectivity index (χ1v) is 7.52. The van der Waals surface area contributed by atoms with Crippen molar-refractivity contribution in [3.63, 3.8) is 0 Å². The molecule has 5 atom stereocenters. The van der Waals surface area contributed by atoms with Crippen LogP contribution in [0.2, 0.25) is 0 Å². The molecule has 1 heterocycles. The molecule has 1 saturated heterocycles. The SMILES string of the molecule is CC1(C)CC(=O)C2C(C1)NC1CCCCC1C2N. The first-order chi connectivity index (χ1) is 8.48. The second-order valence-electron chi connectivity index (χ2n) is 7.44. The predicted octanol–water partition coefficient (Wildman–Crippen LogP) is 1.85. The molecular weight excluding hydrogens is 224 g/mol. The van der Waals surface area contributed by atoms with Gasteiger partial charge >= 0.3 is 0 Å². The number of hydrogen-bond donors (Lipinski definition) is 2. The summed E-state index contributed by atoms with van der Waals surface area (Å²) in [5.41, 5.74) is 6.61. The quantitative estimate of drug-likeness (QED) is 0.690. The van der Waals surface area contributed by atoms with Crippen LogP contribution in [0.5, 0.6) is 0 Å². The Morgan fingerprint density at radius 2 is 1.94 bits per heavy atom. The van der Waals surface area contributed by atoms with Crippen molar-refractivity contribution in [2.75, 3.05) is 0 Å². The van der Waals surface area contributed by atoms with Crippen molar-refractivity contribution in [1.29, 1.82) is 0 Å². The van der Waals surface area contributed by atoms with E-state index in [2.05, 4.69) is 19.2 Å². The van der Waals surface area contributed by atoms with E-state index in [1.165, 1.54) is 25.7 Å². The fourth-order valence-electron chi connectivity index (χ4n) is 4.62. The van der Waals surface area contributed by atoms with Gasteiger partial charge in [0.1, 0.15) is 5.78 Å². The molecule has 102 valence electrons. The average Bonchev–Trinajstić information content (AvgIpc) is 2.26. The van der Waals surface area contributed by atoms with Crippen LogP contribution in [0, 0.1) is 17.3 Å². The highest BCUT2D eigenvalue weighted by molar-refractivity contribution is 5.84. The summed E-state index contributed by atoms with van der Waals surface area (Å²) < 4.78 is 0. The van der Waals surface area contributed by atoms with Gasteiger partial charge in [-0.2, -0.15) is 0 Å². The van der Waals surface area contributed by atoms with E-state index in [1.54, 1.807) is 0 Å². The van der Waals surface area contributed by atoms with Crippen LogP contribution in [0.15, 0.2) is 0 Å². The molecule has 0 bridgehead atoms. The molecule has 0 aromatic carbocycles. The van der Waals surface area contributed by atoms with Crippen LogP contribution in [-0.4, -0.2) is 23.9 Å². The fraction of sp³-hybridized carbons (Fsp3) is 0.933. The molecule has 0 aromatic heterocycles. The number of nitrogens with two attached hydrogens (primary N) is 1. The number of carbonyl (C=O) groups excluding carboxylic acids is 1. The number of hydrogen-bond acceptors (Lipinski definition) is 3. The first kappa shape index (κ1) is 12.6. The smallest absolute Gasteiger partial charge is 0.139 e. The molecule has 0 spiro atoms. The Kier molecular flexibility index (Phi) is 3.02. The van der Waals surface area contributed by atoms with E-state index in [0.717, 1.165) is 6.42 Å². The molecule has 5 unspecified atom stereocenters. The van der Waals surface area contributed by atoms with Crippen molar-refractivity contribution < 1.29 is 4.79 Å². The Labute approximate surface area is 110 Å². The number of ketones is 1. The van der Waals surface area contributed by atoms with E-state index in [4.69, 9.17) is 5.73 Å². The highest BCUT2D eigenvalue weighted by Crippen LogP contribution is 2.43. The zero-order valence-electron chi connectivity index (χ0n) is 11.6. The molecule has 2 aliphatic carbocycles. The average molecular weight is 250 g/mol. The molecule has 3 rings (SSSR count). The van der Waals surface area contributed by atoms with Crippen LogP contribution in [-0.2, 0) is 4.79 Å². The molecule has 0 amide bonds. The van der Waals surface area contributed by atoms with E-state index in [0.29, 0.717) is 30.2 Å². The summed E-state index contributed by atoms with van der Waals surface area (Å²) in [7, 11) is 0. The summed E-state index contributed by atoms with van der Waals surface area (Å²) in [6.07, 6.45) is 6.86. The molecule has 2 saturated carbocycles. The lowest BCUT2D eigenvalue weighted by Crippen LogP contribution is -2.67. The molecule has 18 heavy (non-hydrogen) atoms. The minimum absolute atomic E-state index is 0.0809. The van der Waals surface area contributed by atoms with E-state index in [1.807, 2.05) is 0 Å². The monoisotopic (exact) mass is 250 g/mol. The molecular formula is C15H26N2O. The van der Waals surface area contributed by atoms with Crippen LogP contribution >= 0.6 is 0 Å². The van der Waals surface area contributed by atoms with E-state index >= 15 is 0 Å². The van der Waals surface area contributed by atoms with Gasteiger partial charge in [0.15, 0.2) is 0 Å². The first-order valence-electron chi connectivity index (χ1n) is 7.52. The van der Waals surface area contributed by atoms with Crippen molar-refractivity contribution in [1.82, 2.24) is 5.32 Å². The largest absolute Gasteiger partial charge is 0.327 e. The van der Waals surface area contributed by atoms with Crippen LogP contribution in [0.1, 0.15) is 52.4 Å². The Morgan fingerprint density at radius 3 is 2.72 bits per heavy atom. The van der Waals surface area contributed by atoms with Crippen molar-refractivity contribution in [2.24, 2.45) is 23.0 Å². The molecule has 3 nitrogen and oxygen atoms in total. The van der Waals surface area contributed by atoms with E-state index in [9.17, 15) is 4.79 Å². The van der Waals surface area contributed by atoms with Crippen molar-refractivity contribution in [3.8, 4) is 0 Å². The van der Waals surface area contributed by atoms with E-state index < -0.39 is 0 Å². The lowest BCUT2D eigenvalue weighted by molar-refractivity contribution is -0.133. The number of fused-ring (bicyclic) bond motifs is 2. The molecule has 0 aromatic rings. The minimum atomic E-state index is 0.0809. The second kappa shape index (κ2) is 4.31. The maximum atomic E-state index is 12.4. The van der Waals surface area contributed by atoms with Gasteiger partial charge in [-0.05, 0) is 30.6 Å². The van der Waals surface area contributed by atoms with Gasteiger partial charge in [-0.15, -0.1) is 0 Å². The predicted molar refractivity (Wildman–Crippen MR) is 72.2 cm³/mol. The molecule has 1 aliphatic heterocycles. The highest BCUT2D eigenvalue weighted by atomic mass is 16.1. The Balaban J connectivity index is 1.84. The van der Waals surface area contributed by atoms with Gasteiger partial charge in [-0.3, -0.25) is 4.79 Å². The Bertz CT molecular complexity index is 352. The highest BCUT2D eigenvalue weighted by Gasteiger charge is 2.50. The standard InChI is InChI=1S/C15H26N2O/c1-15(2)7-11-13(12(18)8-15)14(16)9-5-3-4-6-10(9)17-11/h9-11,13-14,17H,3-8,16H2,1-2H3. The lowest BCUT2D eigenvalue weighted by Gasteiger charge is -2.52. The lowest BCUT2D eigenvalue weighted by atomic mass is 9.61. The van der Waals surface area contributed by atoms with Crippen LogP contribution in [0.25, 0.3) is 0 Å². The molecule has 3 heteroatoms. The zero-order valence-corrected chi connectivity index (χ0v) is 11.6. The number of nitrogens with one attached hydrogen (secondary N) is 1. The van der Waals surface area contributed by atoms with Crippen molar-refractivity contribution in [2.45, 2.75) is 70.5 Å². The van der Waals surface area contributed by atoms with Gasteiger partial charge in [-0.25, -0.2) is 0 Å². The normalized spacial score (nSPS) is 47.3. The molecule has 3 fully saturated rings. The zero-order chi connectivity index (χ0) is 12.9. The molecule has 0 radical (unpaired) electrons. The number of rotatable bonds is 0. The van der Waals surface area contributed by atoms with Crippen molar-refractivity contribution >= 4 is 5.78 Å². The topological polar surface area (TPSA) is 55.1 Å². The second-order valence-corrected chi connectivity index (χ2v) is 7.44.